The lowest BCUT2D eigenvalue weighted by Crippen LogP contribution is -2.31. The quantitative estimate of drug-likeness (QED) is 0.295. The molecule has 1 aliphatic rings. The summed E-state index contributed by atoms with van der Waals surface area (Å²) in [5.74, 6) is 1.75. The first-order chi connectivity index (χ1) is 12.2. The van der Waals surface area contributed by atoms with Crippen LogP contribution in [0.15, 0.2) is 41.9 Å². The summed E-state index contributed by atoms with van der Waals surface area (Å²) in [6, 6.07) is 10.5. The Morgan fingerprint density at radius 1 is 1.16 bits per heavy atom. The van der Waals surface area contributed by atoms with Crippen molar-refractivity contribution in [2.24, 2.45) is 7.05 Å². The van der Waals surface area contributed by atoms with Crippen molar-refractivity contribution in [3.8, 4) is 22.8 Å². The summed E-state index contributed by atoms with van der Waals surface area (Å²) < 4.78 is 9.83. The van der Waals surface area contributed by atoms with Gasteiger partial charge in [0.25, 0.3) is 0 Å². The van der Waals surface area contributed by atoms with Crippen molar-refractivity contribution in [3.63, 3.8) is 0 Å². The fourth-order valence-corrected chi connectivity index (χ4v) is 4.72. The van der Waals surface area contributed by atoms with Crippen LogP contribution in [0.1, 0.15) is 11.1 Å². The summed E-state index contributed by atoms with van der Waals surface area (Å²) in [5.41, 5.74) is 4.62. The molecule has 120 valence electrons. The molecule has 0 N–H and O–H groups in total. The standard InChI is InChI=1S/C21H15N2OS/c1-12-18-17(10-15-5-7-25-21(12)15)24-16-9-13(11-22-2)8-14-4-6-23(3)20(18)19(14)16/h4-10H,11H2,1,3H3/q+1. The van der Waals surface area contributed by atoms with Crippen molar-refractivity contribution < 1.29 is 9.30 Å². The zero-order valence-electron chi connectivity index (χ0n) is 14.0. The topological polar surface area (TPSA) is 17.5 Å². The second kappa shape index (κ2) is 5.05. The number of pyridine rings is 1. The predicted octanol–water partition coefficient (Wildman–Crippen LogP) is 5.38. The molecule has 25 heavy (non-hydrogen) atoms. The van der Waals surface area contributed by atoms with Gasteiger partial charge in [-0.05, 0) is 52.9 Å². The SMILES string of the molecule is [C-]#[N+]Cc1cc2c3c([n+](C)ccc3c1)-c1c(cc3ccsc3c1C)O2. The van der Waals surface area contributed by atoms with Crippen LogP contribution < -0.4 is 9.30 Å². The van der Waals surface area contributed by atoms with Gasteiger partial charge in [-0.15, -0.1) is 11.3 Å². The molecule has 4 aromatic rings. The molecule has 2 aromatic carbocycles. The van der Waals surface area contributed by atoms with E-state index in [0.717, 1.165) is 27.8 Å². The fraction of sp³-hybridized carbons (Fsp3) is 0.143. The van der Waals surface area contributed by atoms with Gasteiger partial charge in [0.05, 0.1) is 10.9 Å². The molecule has 0 radical (unpaired) electrons. The second-order valence-electron chi connectivity index (χ2n) is 6.47. The third kappa shape index (κ3) is 1.93. The molecule has 5 rings (SSSR count). The van der Waals surface area contributed by atoms with E-state index in [1.165, 1.54) is 26.9 Å². The lowest BCUT2D eigenvalue weighted by Gasteiger charge is -2.21. The fourth-order valence-electron chi connectivity index (χ4n) is 3.83. The molecular weight excluding hydrogens is 328 g/mol. The molecule has 4 heteroatoms. The molecule has 0 fully saturated rings. The third-order valence-electron chi connectivity index (χ3n) is 4.92. The maximum atomic E-state index is 7.17. The first-order valence-corrected chi connectivity index (χ1v) is 9.03. The summed E-state index contributed by atoms with van der Waals surface area (Å²) in [5, 5.41) is 5.60. The van der Waals surface area contributed by atoms with Gasteiger partial charge in [0.15, 0.2) is 6.20 Å². The molecule has 2 aromatic heterocycles. The van der Waals surface area contributed by atoms with E-state index in [9.17, 15) is 0 Å². The molecule has 0 atom stereocenters. The van der Waals surface area contributed by atoms with E-state index < -0.39 is 0 Å². The molecule has 0 aliphatic carbocycles. The average Bonchev–Trinajstić information content (AvgIpc) is 3.06. The summed E-state index contributed by atoms with van der Waals surface area (Å²) in [7, 11) is 2.08. The van der Waals surface area contributed by atoms with E-state index in [-0.39, 0.29) is 0 Å². The van der Waals surface area contributed by atoms with E-state index in [0.29, 0.717) is 6.54 Å². The predicted molar refractivity (Wildman–Crippen MR) is 101 cm³/mol. The number of aromatic nitrogens is 1. The molecule has 0 spiro atoms. The molecule has 0 amide bonds. The Morgan fingerprint density at radius 2 is 2.04 bits per heavy atom. The van der Waals surface area contributed by atoms with Gasteiger partial charge in [0.1, 0.15) is 18.5 Å². The van der Waals surface area contributed by atoms with Crippen LogP contribution in [0.25, 0.3) is 37.0 Å². The number of aryl methyl sites for hydroxylation is 2. The Bertz CT molecular complexity index is 1230. The van der Waals surface area contributed by atoms with Crippen LogP contribution in [0.4, 0.5) is 0 Å². The molecule has 3 heterocycles. The number of benzene rings is 2. The van der Waals surface area contributed by atoms with Crippen molar-refractivity contribution in [1.82, 2.24) is 0 Å². The van der Waals surface area contributed by atoms with Crippen LogP contribution in [0.3, 0.4) is 0 Å². The monoisotopic (exact) mass is 343 g/mol. The maximum Gasteiger partial charge on any atom is 0.239 e. The van der Waals surface area contributed by atoms with Crippen LogP contribution in [-0.2, 0) is 13.6 Å². The molecule has 0 unspecified atom stereocenters. The first-order valence-electron chi connectivity index (χ1n) is 8.15. The van der Waals surface area contributed by atoms with E-state index in [1.807, 2.05) is 6.07 Å². The number of hydrogen-bond acceptors (Lipinski definition) is 2. The highest BCUT2D eigenvalue weighted by molar-refractivity contribution is 7.17. The Morgan fingerprint density at radius 3 is 2.88 bits per heavy atom. The van der Waals surface area contributed by atoms with Gasteiger partial charge in [-0.2, -0.15) is 0 Å². The molecule has 3 nitrogen and oxygen atoms in total. The van der Waals surface area contributed by atoms with Gasteiger partial charge in [-0.25, -0.2) is 11.1 Å². The summed E-state index contributed by atoms with van der Waals surface area (Å²) in [4.78, 5) is 3.53. The number of ether oxygens (including phenoxy) is 1. The highest BCUT2D eigenvalue weighted by Crippen LogP contribution is 2.49. The van der Waals surface area contributed by atoms with Gasteiger partial charge in [-0.3, -0.25) is 0 Å². The Kier molecular flexibility index (Phi) is 2.92. The van der Waals surface area contributed by atoms with Gasteiger partial charge in [0, 0.05) is 16.3 Å². The normalized spacial score (nSPS) is 12.0. The van der Waals surface area contributed by atoms with Crippen molar-refractivity contribution in [1.29, 1.82) is 0 Å². The number of fused-ring (bicyclic) bond motifs is 3. The van der Waals surface area contributed by atoms with Gasteiger partial charge >= 0.3 is 0 Å². The van der Waals surface area contributed by atoms with E-state index in [2.05, 4.69) is 59.2 Å². The zero-order valence-corrected chi connectivity index (χ0v) is 14.8. The Hall–Kier alpha value is -2.90. The number of rotatable bonds is 1. The van der Waals surface area contributed by atoms with Gasteiger partial charge < -0.3 is 9.58 Å². The summed E-state index contributed by atoms with van der Waals surface area (Å²) in [6.45, 7) is 9.72. The van der Waals surface area contributed by atoms with Crippen LogP contribution in [0, 0.1) is 13.5 Å². The van der Waals surface area contributed by atoms with E-state index in [1.54, 1.807) is 11.3 Å². The lowest BCUT2D eigenvalue weighted by molar-refractivity contribution is -0.659. The largest absolute Gasteiger partial charge is 0.456 e. The lowest BCUT2D eigenvalue weighted by atomic mass is 9.94. The minimum atomic E-state index is 0.373. The zero-order chi connectivity index (χ0) is 17.1. The highest BCUT2D eigenvalue weighted by atomic mass is 32.1. The summed E-state index contributed by atoms with van der Waals surface area (Å²) >= 11 is 1.77. The Labute approximate surface area is 149 Å². The van der Waals surface area contributed by atoms with Crippen molar-refractivity contribution >= 4 is 32.2 Å². The Balaban J connectivity index is 1.94. The van der Waals surface area contributed by atoms with Crippen LogP contribution >= 0.6 is 11.3 Å². The smallest absolute Gasteiger partial charge is 0.239 e. The number of nitrogens with zero attached hydrogens (tertiary/aromatic N) is 2. The van der Waals surface area contributed by atoms with Crippen molar-refractivity contribution in [2.45, 2.75) is 13.5 Å². The van der Waals surface area contributed by atoms with Gasteiger partial charge in [0.2, 0.25) is 12.2 Å². The van der Waals surface area contributed by atoms with E-state index in [4.69, 9.17) is 11.3 Å². The molecule has 0 saturated carbocycles. The van der Waals surface area contributed by atoms with Crippen LogP contribution in [-0.4, -0.2) is 0 Å². The summed E-state index contributed by atoms with van der Waals surface area (Å²) in [6.07, 6.45) is 2.09. The maximum absolute atomic E-state index is 7.17. The van der Waals surface area contributed by atoms with Crippen LogP contribution in [0.5, 0.6) is 11.5 Å². The van der Waals surface area contributed by atoms with Gasteiger partial charge in [-0.1, -0.05) is 0 Å². The van der Waals surface area contributed by atoms with E-state index >= 15 is 0 Å². The molecule has 0 bridgehead atoms. The second-order valence-corrected chi connectivity index (χ2v) is 7.38. The van der Waals surface area contributed by atoms with Crippen molar-refractivity contribution in [3.05, 3.63) is 64.5 Å². The minimum Gasteiger partial charge on any atom is -0.456 e. The number of thiophene rings is 1. The molecule has 1 aliphatic heterocycles. The first kappa shape index (κ1) is 14.4. The number of hydrogen-bond donors (Lipinski definition) is 0. The third-order valence-corrected chi connectivity index (χ3v) is 5.97. The van der Waals surface area contributed by atoms with Crippen LogP contribution in [0.2, 0.25) is 0 Å². The minimum absolute atomic E-state index is 0.373. The molecular formula is C21H15N2OS+. The van der Waals surface area contributed by atoms with Crippen molar-refractivity contribution in [2.75, 3.05) is 0 Å². The average molecular weight is 343 g/mol. The molecule has 0 saturated heterocycles. The highest BCUT2D eigenvalue weighted by Gasteiger charge is 2.30.